The molecule has 1 atom stereocenters. The zero-order valence-electron chi connectivity index (χ0n) is 16.6. The van der Waals surface area contributed by atoms with Crippen LogP contribution in [0.15, 0.2) is 52.3 Å². The Kier molecular flexibility index (Phi) is 6.83. The van der Waals surface area contributed by atoms with Crippen LogP contribution in [0.1, 0.15) is 42.4 Å². The van der Waals surface area contributed by atoms with E-state index in [1.54, 1.807) is 13.1 Å². The minimum Gasteiger partial charge on any atom is -0.392 e. The van der Waals surface area contributed by atoms with E-state index in [1.165, 1.54) is 16.2 Å². The number of hydrazine groups is 1. The van der Waals surface area contributed by atoms with Gasteiger partial charge in [0.05, 0.1) is 11.5 Å². The van der Waals surface area contributed by atoms with Crippen LogP contribution < -0.4 is 0 Å². The molecule has 152 valence electrons. The predicted molar refractivity (Wildman–Crippen MR) is 114 cm³/mol. The second kappa shape index (κ2) is 8.97. The summed E-state index contributed by atoms with van der Waals surface area (Å²) in [6, 6.07) is 13.7. The number of aliphatic hydroxyl groups is 1. The second-order valence-electron chi connectivity index (χ2n) is 7.03. The third-order valence-corrected chi connectivity index (χ3v) is 8.00. The number of hydrogen-bond donors (Lipinski definition) is 1. The molecule has 0 fully saturated rings. The highest BCUT2D eigenvalue weighted by Crippen LogP contribution is 2.39. The van der Waals surface area contributed by atoms with Crippen LogP contribution >= 0.6 is 11.8 Å². The van der Waals surface area contributed by atoms with Crippen molar-refractivity contribution in [2.24, 2.45) is 0 Å². The Morgan fingerprint density at radius 3 is 2.54 bits per heavy atom. The molecule has 1 aliphatic rings. The molecule has 0 aliphatic carbocycles. The molecule has 3 rings (SSSR count). The van der Waals surface area contributed by atoms with Gasteiger partial charge < -0.3 is 5.11 Å². The maximum atomic E-state index is 13.4. The van der Waals surface area contributed by atoms with Gasteiger partial charge in [0.15, 0.2) is 0 Å². The average molecular weight is 421 g/mol. The number of rotatable bonds is 6. The lowest BCUT2D eigenvalue weighted by Crippen LogP contribution is -2.44. The van der Waals surface area contributed by atoms with Gasteiger partial charge in [0.2, 0.25) is 0 Å². The lowest BCUT2D eigenvalue weighted by atomic mass is 9.90. The summed E-state index contributed by atoms with van der Waals surface area (Å²) in [6.07, 6.45) is 3.87. The van der Waals surface area contributed by atoms with Crippen molar-refractivity contribution < 1.29 is 13.5 Å². The molecular weight excluding hydrogens is 392 g/mol. The van der Waals surface area contributed by atoms with Crippen molar-refractivity contribution in [3.8, 4) is 0 Å². The van der Waals surface area contributed by atoms with E-state index >= 15 is 0 Å². The SMILES string of the molecule is CCCCN1CC(c2ccccc2)c2cc(SC)c(CO)cc2S(=O)(=O)N1C. The van der Waals surface area contributed by atoms with Crippen molar-refractivity contribution in [3.05, 3.63) is 59.2 Å². The molecule has 0 amide bonds. The molecule has 0 bridgehead atoms. The van der Waals surface area contributed by atoms with E-state index in [-0.39, 0.29) is 12.5 Å². The first-order valence-corrected chi connectivity index (χ1v) is 12.2. The summed E-state index contributed by atoms with van der Waals surface area (Å²) in [5, 5.41) is 11.7. The molecule has 1 aliphatic heterocycles. The van der Waals surface area contributed by atoms with Gasteiger partial charge in [-0.15, -0.1) is 16.2 Å². The molecule has 0 spiro atoms. The molecule has 2 aromatic rings. The smallest absolute Gasteiger partial charge is 0.256 e. The number of sulfonamides is 1. The molecule has 5 nitrogen and oxygen atoms in total. The Morgan fingerprint density at radius 1 is 1.21 bits per heavy atom. The summed E-state index contributed by atoms with van der Waals surface area (Å²) in [5.41, 5.74) is 2.55. The van der Waals surface area contributed by atoms with E-state index in [0.29, 0.717) is 23.5 Å². The molecule has 2 aromatic carbocycles. The average Bonchev–Trinajstić information content (AvgIpc) is 2.80. The van der Waals surface area contributed by atoms with Crippen molar-refractivity contribution >= 4 is 21.8 Å². The maximum absolute atomic E-state index is 13.4. The van der Waals surface area contributed by atoms with Crippen LogP contribution in [0.3, 0.4) is 0 Å². The van der Waals surface area contributed by atoms with Crippen LogP contribution in [0.4, 0.5) is 0 Å². The highest BCUT2D eigenvalue weighted by Gasteiger charge is 2.37. The van der Waals surface area contributed by atoms with E-state index in [1.807, 2.05) is 35.5 Å². The van der Waals surface area contributed by atoms with Gasteiger partial charge in [-0.25, -0.2) is 13.4 Å². The fraction of sp³-hybridized carbons (Fsp3) is 0.429. The van der Waals surface area contributed by atoms with Gasteiger partial charge in [0.25, 0.3) is 10.0 Å². The van der Waals surface area contributed by atoms with Gasteiger partial charge in [0.1, 0.15) is 0 Å². The first kappa shape index (κ1) is 21.3. The molecule has 1 heterocycles. The lowest BCUT2D eigenvalue weighted by Gasteiger charge is -2.30. The van der Waals surface area contributed by atoms with Gasteiger partial charge in [-0.1, -0.05) is 43.7 Å². The molecule has 0 saturated heterocycles. The summed E-state index contributed by atoms with van der Waals surface area (Å²) in [4.78, 5) is 1.21. The monoisotopic (exact) mass is 420 g/mol. The van der Waals surface area contributed by atoms with E-state index in [0.717, 1.165) is 28.9 Å². The molecule has 28 heavy (non-hydrogen) atoms. The van der Waals surface area contributed by atoms with Crippen LogP contribution in [0.25, 0.3) is 0 Å². The van der Waals surface area contributed by atoms with Crippen LogP contribution in [-0.4, -0.2) is 49.3 Å². The topological polar surface area (TPSA) is 60.9 Å². The Morgan fingerprint density at radius 2 is 1.93 bits per heavy atom. The molecule has 0 aromatic heterocycles. The van der Waals surface area contributed by atoms with Gasteiger partial charge in [0, 0.05) is 31.0 Å². The third kappa shape index (κ3) is 4.00. The van der Waals surface area contributed by atoms with E-state index < -0.39 is 10.0 Å². The fourth-order valence-electron chi connectivity index (χ4n) is 3.69. The largest absolute Gasteiger partial charge is 0.392 e. The summed E-state index contributed by atoms with van der Waals surface area (Å²) in [6.45, 7) is 3.21. The molecule has 0 radical (unpaired) electrons. The molecule has 1 unspecified atom stereocenters. The Balaban J connectivity index is 2.24. The van der Waals surface area contributed by atoms with E-state index in [9.17, 15) is 13.5 Å². The lowest BCUT2D eigenvalue weighted by molar-refractivity contribution is 0.0808. The minimum atomic E-state index is -3.70. The van der Waals surface area contributed by atoms with Crippen molar-refractivity contribution in [1.29, 1.82) is 0 Å². The van der Waals surface area contributed by atoms with Crippen LogP contribution in [0, 0.1) is 0 Å². The third-order valence-electron chi connectivity index (χ3n) is 5.35. The number of thioether (sulfide) groups is 1. The number of fused-ring (bicyclic) bond motifs is 1. The Hall–Kier alpha value is -1.38. The Labute approximate surface area is 172 Å². The first-order valence-electron chi connectivity index (χ1n) is 9.54. The van der Waals surface area contributed by atoms with E-state index in [2.05, 4.69) is 19.1 Å². The van der Waals surface area contributed by atoms with Crippen LogP contribution in [0.5, 0.6) is 0 Å². The van der Waals surface area contributed by atoms with Crippen molar-refractivity contribution in [2.75, 3.05) is 26.4 Å². The number of aliphatic hydroxyl groups excluding tert-OH is 1. The minimum absolute atomic E-state index is 0.0635. The Bertz CT molecular complexity index is 917. The zero-order valence-corrected chi connectivity index (χ0v) is 18.3. The van der Waals surface area contributed by atoms with Gasteiger partial charge in [-0.2, -0.15) is 0 Å². The second-order valence-corrected chi connectivity index (χ2v) is 9.80. The highest BCUT2D eigenvalue weighted by atomic mass is 32.2. The first-order chi connectivity index (χ1) is 13.4. The number of hydrogen-bond acceptors (Lipinski definition) is 5. The zero-order chi connectivity index (χ0) is 20.3. The summed E-state index contributed by atoms with van der Waals surface area (Å²) < 4.78 is 28.3. The molecule has 0 saturated carbocycles. The number of unbranched alkanes of at least 4 members (excludes halogenated alkanes) is 1. The standard InChI is InChI=1S/C21H28N2O3S2/c1-4-5-11-23-14-19(16-9-7-6-8-10-16)18-13-20(27-3)17(15-24)12-21(18)28(25,26)22(23)2/h6-10,12-13,19,24H,4-5,11,14-15H2,1-3H3. The number of nitrogens with zero attached hydrogens (tertiary/aromatic N) is 2. The quantitative estimate of drug-likeness (QED) is 0.723. The normalized spacial score (nSPS) is 19.9. The van der Waals surface area contributed by atoms with Gasteiger partial charge in [-0.05, 0) is 41.5 Å². The summed E-state index contributed by atoms with van der Waals surface area (Å²) in [7, 11) is -2.07. The molecule has 1 N–H and O–H groups in total. The molecule has 7 heteroatoms. The van der Waals surface area contributed by atoms with Gasteiger partial charge in [-0.3, -0.25) is 0 Å². The van der Waals surface area contributed by atoms with E-state index in [4.69, 9.17) is 0 Å². The van der Waals surface area contributed by atoms with Crippen molar-refractivity contribution in [1.82, 2.24) is 9.42 Å². The summed E-state index contributed by atoms with van der Waals surface area (Å²) in [5.74, 6) is -0.0635. The van der Waals surface area contributed by atoms with Crippen LogP contribution in [0.2, 0.25) is 0 Å². The molecular formula is C21H28N2O3S2. The van der Waals surface area contributed by atoms with Crippen LogP contribution in [-0.2, 0) is 16.6 Å². The van der Waals surface area contributed by atoms with Crippen molar-refractivity contribution in [3.63, 3.8) is 0 Å². The van der Waals surface area contributed by atoms with Crippen molar-refractivity contribution in [2.45, 2.75) is 42.1 Å². The predicted octanol–water partition coefficient (Wildman–Crippen LogP) is 3.68. The van der Waals surface area contributed by atoms with Gasteiger partial charge >= 0.3 is 0 Å². The summed E-state index contributed by atoms with van der Waals surface area (Å²) >= 11 is 1.53. The fourth-order valence-corrected chi connectivity index (χ4v) is 5.85. The maximum Gasteiger partial charge on any atom is 0.256 e. The number of benzene rings is 2. The highest BCUT2D eigenvalue weighted by molar-refractivity contribution is 7.98.